The zero-order valence-electron chi connectivity index (χ0n) is 8.43. The summed E-state index contributed by atoms with van der Waals surface area (Å²) >= 11 is 0. The van der Waals surface area contributed by atoms with Crippen molar-refractivity contribution in [2.75, 3.05) is 6.61 Å². The smallest absolute Gasteiger partial charge is 0.293 e. The monoisotopic (exact) mass is 172 g/mol. The molecule has 0 aromatic rings. The molecule has 0 radical (unpaired) electrons. The number of hydrogen-bond donors (Lipinski definition) is 0. The maximum atomic E-state index is 9.96. The van der Waals surface area contributed by atoms with E-state index in [2.05, 4.69) is 20.8 Å². The van der Waals surface area contributed by atoms with E-state index in [9.17, 15) is 4.79 Å². The summed E-state index contributed by atoms with van der Waals surface area (Å²) in [5, 5.41) is 0. The molecule has 0 unspecified atom stereocenters. The van der Waals surface area contributed by atoms with Gasteiger partial charge in [-0.3, -0.25) is 4.79 Å². The van der Waals surface area contributed by atoms with E-state index in [0.717, 1.165) is 6.42 Å². The summed E-state index contributed by atoms with van der Waals surface area (Å²) in [6.45, 7) is 7.52. The Morgan fingerprint density at radius 1 is 1.33 bits per heavy atom. The first kappa shape index (κ1) is 11.5. The van der Waals surface area contributed by atoms with Crippen LogP contribution in [0.25, 0.3) is 0 Å². The molecule has 0 N–H and O–H groups in total. The van der Waals surface area contributed by atoms with Gasteiger partial charge in [-0.05, 0) is 11.8 Å². The van der Waals surface area contributed by atoms with Gasteiger partial charge in [0.15, 0.2) is 0 Å². The lowest BCUT2D eigenvalue weighted by Gasteiger charge is -2.22. The van der Waals surface area contributed by atoms with Gasteiger partial charge in [-0.25, -0.2) is 0 Å². The zero-order valence-corrected chi connectivity index (χ0v) is 8.43. The van der Waals surface area contributed by atoms with Crippen LogP contribution in [0.1, 0.15) is 46.5 Å². The topological polar surface area (TPSA) is 26.3 Å². The first-order chi connectivity index (χ1) is 5.62. The summed E-state index contributed by atoms with van der Waals surface area (Å²) in [4.78, 5) is 9.96. The highest BCUT2D eigenvalue weighted by molar-refractivity contribution is 5.36. The van der Waals surface area contributed by atoms with Gasteiger partial charge in [-0.1, -0.05) is 40.0 Å². The minimum absolute atomic E-state index is 0.149. The predicted molar refractivity (Wildman–Crippen MR) is 49.9 cm³/mol. The Hall–Kier alpha value is -0.530. The van der Waals surface area contributed by atoms with E-state index in [1.807, 2.05) is 0 Å². The maximum absolute atomic E-state index is 9.96. The molecular weight excluding hydrogens is 152 g/mol. The van der Waals surface area contributed by atoms with Crippen LogP contribution in [-0.2, 0) is 9.53 Å². The average molecular weight is 172 g/mol. The third-order valence-electron chi connectivity index (χ3n) is 2.00. The van der Waals surface area contributed by atoms with Crippen LogP contribution in [0, 0.1) is 5.41 Å². The molecule has 0 aromatic carbocycles. The molecule has 0 aliphatic rings. The molecule has 0 aliphatic carbocycles. The molecule has 0 saturated carbocycles. The Kier molecular flexibility index (Phi) is 5.77. The molecule has 0 saturated heterocycles. The molecule has 0 bridgehead atoms. The molecular formula is C10H20O2. The van der Waals surface area contributed by atoms with Gasteiger partial charge in [-0.15, -0.1) is 0 Å². The Labute approximate surface area is 75.3 Å². The number of hydrogen-bond acceptors (Lipinski definition) is 2. The lowest BCUT2D eigenvalue weighted by molar-refractivity contribution is -0.131. The second-order valence-corrected chi connectivity index (χ2v) is 4.03. The highest BCUT2D eigenvalue weighted by Gasteiger charge is 2.17. The largest absolute Gasteiger partial charge is 0.467 e. The van der Waals surface area contributed by atoms with Crippen molar-refractivity contribution >= 4 is 6.47 Å². The van der Waals surface area contributed by atoms with Crippen molar-refractivity contribution < 1.29 is 9.53 Å². The molecule has 0 aliphatic heterocycles. The van der Waals surface area contributed by atoms with Gasteiger partial charge in [0.25, 0.3) is 6.47 Å². The Morgan fingerprint density at radius 3 is 2.50 bits per heavy atom. The van der Waals surface area contributed by atoms with Gasteiger partial charge in [-0.2, -0.15) is 0 Å². The van der Waals surface area contributed by atoms with E-state index in [1.54, 1.807) is 0 Å². The van der Waals surface area contributed by atoms with Gasteiger partial charge in [0.05, 0.1) is 6.61 Å². The minimum atomic E-state index is 0.149. The quantitative estimate of drug-likeness (QED) is 0.436. The third kappa shape index (κ3) is 6.20. The average Bonchev–Trinajstić information content (AvgIpc) is 2.01. The van der Waals surface area contributed by atoms with Crippen LogP contribution in [0.4, 0.5) is 0 Å². The van der Waals surface area contributed by atoms with E-state index in [-0.39, 0.29) is 5.41 Å². The molecule has 2 heteroatoms. The molecule has 0 rings (SSSR count). The second-order valence-electron chi connectivity index (χ2n) is 4.03. The predicted octanol–water partition coefficient (Wildman–Crippen LogP) is 2.77. The molecule has 0 heterocycles. The number of carbonyl (C=O) groups is 1. The summed E-state index contributed by atoms with van der Waals surface area (Å²) in [7, 11) is 0. The van der Waals surface area contributed by atoms with Crippen LogP contribution >= 0.6 is 0 Å². The van der Waals surface area contributed by atoms with Crippen molar-refractivity contribution in [3.63, 3.8) is 0 Å². The Balaban J connectivity index is 3.48. The highest BCUT2D eigenvalue weighted by atomic mass is 16.5. The molecule has 0 amide bonds. The van der Waals surface area contributed by atoms with Gasteiger partial charge < -0.3 is 4.74 Å². The number of rotatable bonds is 7. The number of ether oxygens (including phenoxy) is 1. The molecule has 0 atom stereocenters. The van der Waals surface area contributed by atoms with E-state index in [1.165, 1.54) is 19.3 Å². The van der Waals surface area contributed by atoms with E-state index in [0.29, 0.717) is 13.1 Å². The normalized spacial score (nSPS) is 11.2. The summed E-state index contributed by atoms with van der Waals surface area (Å²) in [5.41, 5.74) is 0.149. The fraction of sp³-hybridized carbons (Fsp3) is 0.900. The third-order valence-corrected chi connectivity index (χ3v) is 2.00. The SMILES string of the molecule is CCCCCC(C)(C)COC=O. The molecule has 0 fully saturated rings. The molecule has 72 valence electrons. The van der Waals surface area contributed by atoms with Crippen molar-refractivity contribution in [3.8, 4) is 0 Å². The first-order valence-electron chi connectivity index (χ1n) is 4.67. The van der Waals surface area contributed by atoms with Gasteiger partial charge >= 0.3 is 0 Å². The summed E-state index contributed by atoms with van der Waals surface area (Å²) < 4.78 is 4.75. The van der Waals surface area contributed by atoms with Crippen molar-refractivity contribution in [2.24, 2.45) is 5.41 Å². The summed E-state index contributed by atoms with van der Waals surface area (Å²) in [6.07, 6.45) is 4.87. The second kappa shape index (κ2) is 6.04. The van der Waals surface area contributed by atoms with Crippen LogP contribution in [0.5, 0.6) is 0 Å². The van der Waals surface area contributed by atoms with Gasteiger partial charge in [0.1, 0.15) is 0 Å². The highest BCUT2D eigenvalue weighted by Crippen LogP contribution is 2.23. The Morgan fingerprint density at radius 2 is 2.00 bits per heavy atom. The van der Waals surface area contributed by atoms with Crippen LogP contribution in [0.3, 0.4) is 0 Å². The Bertz CT molecular complexity index is 119. The lowest BCUT2D eigenvalue weighted by atomic mass is 9.88. The lowest BCUT2D eigenvalue weighted by Crippen LogP contribution is -2.18. The molecule has 2 nitrogen and oxygen atoms in total. The standard InChI is InChI=1S/C10H20O2/c1-4-5-6-7-10(2,3)8-12-9-11/h9H,4-8H2,1-3H3. The fourth-order valence-corrected chi connectivity index (χ4v) is 1.19. The zero-order chi connectivity index (χ0) is 9.45. The van der Waals surface area contributed by atoms with Crippen molar-refractivity contribution in [1.82, 2.24) is 0 Å². The number of carbonyl (C=O) groups excluding carboxylic acids is 1. The van der Waals surface area contributed by atoms with Crippen LogP contribution in [0.15, 0.2) is 0 Å². The molecule has 0 aromatic heterocycles. The van der Waals surface area contributed by atoms with Crippen LogP contribution in [0.2, 0.25) is 0 Å². The molecule has 12 heavy (non-hydrogen) atoms. The summed E-state index contributed by atoms with van der Waals surface area (Å²) in [5.74, 6) is 0. The molecule has 0 spiro atoms. The fourth-order valence-electron chi connectivity index (χ4n) is 1.19. The first-order valence-corrected chi connectivity index (χ1v) is 4.67. The van der Waals surface area contributed by atoms with Crippen molar-refractivity contribution in [1.29, 1.82) is 0 Å². The van der Waals surface area contributed by atoms with Crippen LogP contribution in [-0.4, -0.2) is 13.1 Å². The van der Waals surface area contributed by atoms with E-state index >= 15 is 0 Å². The minimum Gasteiger partial charge on any atom is -0.467 e. The van der Waals surface area contributed by atoms with Gasteiger partial charge in [0.2, 0.25) is 0 Å². The van der Waals surface area contributed by atoms with E-state index in [4.69, 9.17) is 4.74 Å². The van der Waals surface area contributed by atoms with Crippen LogP contribution < -0.4 is 0 Å². The summed E-state index contributed by atoms with van der Waals surface area (Å²) in [6, 6.07) is 0. The van der Waals surface area contributed by atoms with E-state index < -0.39 is 0 Å². The van der Waals surface area contributed by atoms with Gasteiger partial charge in [0, 0.05) is 0 Å². The van der Waals surface area contributed by atoms with Crippen molar-refractivity contribution in [2.45, 2.75) is 46.5 Å². The van der Waals surface area contributed by atoms with Crippen molar-refractivity contribution in [3.05, 3.63) is 0 Å². The maximum Gasteiger partial charge on any atom is 0.293 e. The number of unbranched alkanes of at least 4 members (excludes halogenated alkanes) is 2.